The molecular weight excluding hydrogens is 332 g/mol. The van der Waals surface area contributed by atoms with Crippen molar-refractivity contribution >= 4 is 11.8 Å². The molecule has 1 aliphatic rings. The molecule has 0 radical (unpaired) electrons. The molecular formula is C15H16N4O4S. The van der Waals surface area contributed by atoms with Gasteiger partial charge in [0.15, 0.2) is 10.9 Å². The monoisotopic (exact) mass is 348 g/mol. The van der Waals surface area contributed by atoms with Crippen molar-refractivity contribution in [1.82, 2.24) is 19.9 Å². The highest BCUT2D eigenvalue weighted by Gasteiger charge is 2.20. The van der Waals surface area contributed by atoms with E-state index in [0.717, 1.165) is 25.1 Å². The Morgan fingerprint density at radius 1 is 1.42 bits per heavy atom. The molecule has 0 spiro atoms. The molecule has 0 saturated carbocycles. The number of rotatable bonds is 6. The third-order valence-electron chi connectivity index (χ3n) is 3.81. The van der Waals surface area contributed by atoms with Gasteiger partial charge >= 0.3 is 5.69 Å². The molecule has 0 aromatic carbocycles. The number of hydrogen-bond acceptors (Lipinski definition) is 7. The minimum absolute atomic E-state index is 0.0808. The van der Waals surface area contributed by atoms with E-state index >= 15 is 0 Å². The zero-order valence-electron chi connectivity index (χ0n) is 12.8. The van der Waals surface area contributed by atoms with Gasteiger partial charge in [0.2, 0.25) is 5.76 Å². The van der Waals surface area contributed by atoms with Crippen LogP contribution in [0, 0.1) is 0 Å². The Bertz CT molecular complexity index is 845. The van der Waals surface area contributed by atoms with E-state index in [1.807, 2.05) is 12.1 Å². The Morgan fingerprint density at radius 3 is 3.17 bits per heavy atom. The van der Waals surface area contributed by atoms with E-state index in [0.29, 0.717) is 29.0 Å². The number of nitrogens with zero attached hydrogens (tertiary/aromatic N) is 3. The van der Waals surface area contributed by atoms with Crippen molar-refractivity contribution in [2.75, 3.05) is 6.61 Å². The number of H-pyrrole nitrogens is 1. The first-order valence-electron chi connectivity index (χ1n) is 7.68. The lowest BCUT2D eigenvalue weighted by molar-refractivity contribution is 0.0941. The van der Waals surface area contributed by atoms with Crippen LogP contribution in [0.4, 0.5) is 0 Å². The molecule has 0 bridgehead atoms. The first-order chi connectivity index (χ1) is 11.8. The fourth-order valence-corrected chi connectivity index (χ4v) is 3.46. The van der Waals surface area contributed by atoms with Gasteiger partial charge in [0.1, 0.15) is 0 Å². The lowest BCUT2D eigenvalue weighted by Crippen LogP contribution is -2.24. The standard InChI is InChI=1S/C15H16N4O4S/c20-14-16-17-15(19(14)8-11-3-1-5-21-11)24-9-10-7-13(23-18-10)12-4-2-6-22-12/h2,4,6-7,11H,1,3,5,8-9H2,(H,16,20)/t11-/m0/s1. The Hall–Kier alpha value is -2.26. The molecule has 3 aromatic heterocycles. The molecule has 0 unspecified atom stereocenters. The molecule has 1 N–H and O–H groups in total. The number of aromatic nitrogens is 4. The van der Waals surface area contributed by atoms with Crippen LogP contribution in [-0.2, 0) is 17.0 Å². The molecule has 0 aliphatic carbocycles. The number of thioether (sulfide) groups is 1. The van der Waals surface area contributed by atoms with Crippen molar-refractivity contribution in [1.29, 1.82) is 0 Å². The number of furan rings is 1. The molecule has 4 rings (SSSR count). The summed E-state index contributed by atoms with van der Waals surface area (Å²) in [5, 5.41) is 11.2. The summed E-state index contributed by atoms with van der Waals surface area (Å²) in [6, 6.07) is 5.42. The first-order valence-corrected chi connectivity index (χ1v) is 8.67. The summed E-state index contributed by atoms with van der Waals surface area (Å²) in [7, 11) is 0. The summed E-state index contributed by atoms with van der Waals surface area (Å²) in [4.78, 5) is 11.9. The maximum absolute atomic E-state index is 11.9. The molecule has 4 heterocycles. The van der Waals surface area contributed by atoms with Gasteiger partial charge in [-0.2, -0.15) is 0 Å². The van der Waals surface area contributed by atoms with Gasteiger partial charge in [-0.15, -0.1) is 5.10 Å². The van der Waals surface area contributed by atoms with E-state index in [1.54, 1.807) is 16.9 Å². The van der Waals surface area contributed by atoms with Crippen LogP contribution in [0.2, 0.25) is 0 Å². The minimum Gasteiger partial charge on any atom is -0.461 e. The summed E-state index contributed by atoms with van der Waals surface area (Å²) < 4.78 is 17.8. The van der Waals surface area contributed by atoms with Crippen LogP contribution in [0.5, 0.6) is 0 Å². The minimum atomic E-state index is -0.218. The molecule has 1 saturated heterocycles. The van der Waals surface area contributed by atoms with Gasteiger partial charge in [0, 0.05) is 18.4 Å². The summed E-state index contributed by atoms with van der Waals surface area (Å²) in [5.41, 5.74) is 0.537. The smallest absolute Gasteiger partial charge is 0.344 e. The predicted octanol–water partition coefficient (Wildman–Crippen LogP) is 2.29. The van der Waals surface area contributed by atoms with Crippen LogP contribution in [0.1, 0.15) is 18.5 Å². The van der Waals surface area contributed by atoms with Crippen molar-refractivity contribution in [2.24, 2.45) is 0 Å². The first kappa shape index (κ1) is 15.3. The average Bonchev–Trinajstić information content (AvgIpc) is 3.36. The normalized spacial score (nSPS) is 17.6. The molecule has 126 valence electrons. The van der Waals surface area contributed by atoms with Crippen molar-refractivity contribution in [3.63, 3.8) is 0 Å². The molecule has 1 atom stereocenters. The van der Waals surface area contributed by atoms with Gasteiger partial charge in [0.25, 0.3) is 0 Å². The van der Waals surface area contributed by atoms with Crippen molar-refractivity contribution in [2.45, 2.75) is 36.4 Å². The Morgan fingerprint density at radius 2 is 2.38 bits per heavy atom. The lowest BCUT2D eigenvalue weighted by atomic mass is 10.2. The van der Waals surface area contributed by atoms with Crippen LogP contribution in [-0.4, -0.2) is 32.6 Å². The van der Waals surface area contributed by atoms with Gasteiger partial charge in [-0.05, 0) is 25.0 Å². The van der Waals surface area contributed by atoms with Crippen LogP contribution >= 0.6 is 11.8 Å². The maximum atomic E-state index is 11.9. The second-order valence-corrected chi connectivity index (χ2v) is 6.45. The SMILES string of the molecule is O=c1[nH]nc(SCc2cc(-c3ccco3)on2)n1C[C@@H]1CCCO1. The maximum Gasteiger partial charge on any atom is 0.344 e. The second kappa shape index (κ2) is 6.70. The number of aromatic amines is 1. The van der Waals surface area contributed by atoms with Gasteiger partial charge in [0.05, 0.1) is 24.6 Å². The molecule has 0 amide bonds. The third-order valence-corrected chi connectivity index (χ3v) is 4.82. The summed E-state index contributed by atoms with van der Waals surface area (Å²) in [6.45, 7) is 1.28. The van der Waals surface area contributed by atoms with E-state index in [1.165, 1.54) is 11.8 Å². The molecule has 1 fully saturated rings. The Labute approximate surface area is 141 Å². The van der Waals surface area contributed by atoms with E-state index in [2.05, 4.69) is 15.4 Å². The fraction of sp³-hybridized carbons (Fsp3) is 0.400. The van der Waals surface area contributed by atoms with E-state index in [-0.39, 0.29) is 11.8 Å². The van der Waals surface area contributed by atoms with Crippen molar-refractivity contribution in [3.8, 4) is 11.5 Å². The topological polar surface area (TPSA) is 99.1 Å². The lowest BCUT2D eigenvalue weighted by Gasteiger charge is -2.10. The third kappa shape index (κ3) is 3.17. The molecule has 9 heteroatoms. The highest BCUT2D eigenvalue weighted by atomic mass is 32.2. The van der Waals surface area contributed by atoms with E-state index in [4.69, 9.17) is 13.7 Å². The van der Waals surface area contributed by atoms with Gasteiger partial charge < -0.3 is 13.7 Å². The summed E-state index contributed by atoms with van der Waals surface area (Å²) >= 11 is 1.43. The molecule has 3 aromatic rings. The number of nitrogens with one attached hydrogen (secondary N) is 1. The fourth-order valence-electron chi connectivity index (χ4n) is 2.62. The Kier molecular flexibility index (Phi) is 4.26. The average molecular weight is 348 g/mol. The van der Waals surface area contributed by atoms with Gasteiger partial charge in [-0.25, -0.2) is 9.89 Å². The zero-order chi connectivity index (χ0) is 16.4. The highest BCUT2D eigenvalue weighted by Crippen LogP contribution is 2.25. The van der Waals surface area contributed by atoms with E-state index in [9.17, 15) is 4.79 Å². The quantitative estimate of drug-likeness (QED) is 0.682. The van der Waals surface area contributed by atoms with Gasteiger partial charge in [-0.1, -0.05) is 16.9 Å². The molecule has 8 nitrogen and oxygen atoms in total. The van der Waals surface area contributed by atoms with Gasteiger partial charge in [-0.3, -0.25) is 4.57 Å². The zero-order valence-corrected chi connectivity index (χ0v) is 13.6. The molecule has 24 heavy (non-hydrogen) atoms. The summed E-state index contributed by atoms with van der Waals surface area (Å²) in [5.74, 6) is 1.75. The summed E-state index contributed by atoms with van der Waals surface area (Å²) in [6.07, 6.45) is 3.67. The van der Waals surface area contributed by atoms with E-state index < -0.39 is 0 Å². The highest BCUT2D eigenvalue weighted by molar-refractivity contribution is 7.98. The van der Waals surface area contributed by atoms with Crippen molar-refractivity contribution in [3.05, 3.63) is 40.6 Å². The Balaban J connectivity index is 1.43. The number of hydrogen-bond donors (Lipinski definition) is 1. The van der Waals surface area contributed by atoms with Crippen LogP contribution < -0.4 is 5.69 Å². The second-order valence-electron chi connectivity index (χ2n) is 5.51. The van der Waals surface area contributed by atoms with Crippen LogP contribution in [0.3, 0.4) is 0 Å². The van der Waals surface area contributed by atoms with Crippen LogP contribution in [0.25, 0.3) is 11.5 Å². The molecule has 1 aliphatic heterocycles. The van der Waals surface area contributed by atoms with Crippen molar-refractivity contribution < 1.29 is 13.7 Å². The van der Waals surface area contributed by atoms with Crippen LogP contribution in [0.15, 0.2) is 43.4 Å². The predicted molar refractivity (Wildman–Crippen MR) is 85.6 cm³/mol. The largest absolute Gasteiger partial charge is 0.461 e. The number of ether oxygens (including phenoxy) is 1.